The van der Waals surface area contributed by atoms with Crippen LogP contribution in [0.2, 0.25) is 0 Å². The highest BCUT2D eigenvalue weighted by molar-refractivity contribution is 7.13. The minimum atomic E-state index is -0.381. The lowest BCUT2D eigenvalue weighted by molar-refractivity contribution is -0.117. The molecule has 1 aromatic heterocycles. The lowest BCUT2D eigenvalue weighted by Crippen LogP contribution is -2.50. The van der Waals surface area contributed by atoms with Gasteiger partial charge >= 0.3 is 0 Å². The van der Waals surface area contributed by atoms with E-state index in [0.29, 0.717) is 31.9 Å². The molecule has 3 rings (SSSR count). The third-order valence-electron chi connectivity index (χ3n) is 4.09. The SMILES string of the molecule is Cc1ccc(C(=O)N2CCN(CC(=O)Nc3cccc(F)c3)CC2)s1. The number of nitrogens with one attached hydrogen (secondary N) is 1. The van der Waals surface area contributed by atoms with E-state index in [4.69, 9.17) is 0 Å². The second-order valence-electron chi connectivity index (χ2n) is 6.04. The number of halogens is 1. The number of benzene rings is 1. The summed E-state index contributed by atoms with van der Waals surface area (Å²) in [4.78, 5) is 30.2. The van der Waals surface area contributed by atoms with E-state index in [1.54, 1.807) is 12.1 Å². The number of hydrogen-bond donors (Lipinski definition) is 1. The van der Waals surface area contributed by atoms with Crippen molar-refractivity contribution in [2.75, 3.05) is 38.0 Å². The minimum Gasteiger partial charge on any atom is -0.335 e. The summed E-state index contributed by atoms with van der Waals surface area (Å²) in [7, 11) is 0. The van der Waals surface area contributed by atoms with Crippen LogP contribution in [0.15, 0.2) is 36.4 Å². The van der Waals surface area contributed by atoms with Gasteiger partial charge in [-0.2, -0.15) is 0 Å². The van der Waals surface area contributed by atoms with Crippen LogP contribution in [-0.2, 0) is 4.79 Å². The number of nitrogens with zero attached hydrogens (tertiary/aromatic N) is 2. The maximum absolute atomic E-state index is 13.1. The number of anilines is 1. The smallest absolute Gasteiger partial charge is 0.264 e. The van der Waals surface area contributed by atoms with Crippen LogP contribution in [0, 0.1) is 12.7 Å². The van der Waals surface area contributed by atoms with Crippen LogP contribution in [0.3, 0.4) is 0 Å². The van der Waals surface area contributed by atoms with Gasteiger partial charge in [-0.05, 0) is 37.3 Å². The van der Waals surface area contributed by atoms with Gasteiger partial charge in [-0.25, -0.2) is 4.39 Å². The number of carbonyl (C=O) groups excluding carboxylic acids is 2. The highest BCUT2D eigenvalue weighted by Gasteiger charge is 2.24. The maximum atomic E-state index is 13.1. The quantitative estimate of drug-likeness (QED) is 0.911. The first-order chi connectivity index (χ1) is 12.0. The summed E-state index contributed by atoms with van der Waals surface area (Å²) in [5.41, 5.74) is 0.451. The standard InChI is InChI=1S/C18H20FN3O2S/c1-13-5-6-16(25-13)18(24)22-9-7-21(8-10-22)12-17(23)20-15-4-2-3-14(19)11-15/h2-6,11H,7-10,12H2,1H3,(H,20,23). The van der Waals surface area contributed by atoms with Gasteiger partial charge in [0.1, 0.15) is 5.82 Å². The molecule has 0 atom stereocenters. The van der Waals surface area contributed by atoms with Crippen molar-refractivity contribution in [3.05, 3.63) is 52.0 Å². The lowest BCUT2D eigenvalue weighted by Gasteiger charge is -2.34. The van der Waals surface area contributed by atoms with E-state index in [1.807, 2.05) is 28.9 Å². The molecule has 2 heterocycles. The zero-order valence-electron chi connectivity index (χ0n) is 14.0. The Bertz CT molecular complexity index is 769. The van der Waals surface area contributed by atoms with Crippen molar-refractivity contribution < 1.29 is 14.0 Å². The van der Waals surface area contributed by atoms with Gasteiger partial charge in [0.2, 0.25) is 5.91 Å². The molecular formula is C18H20FN3O2S. The Morgan fingerprint density at radius 3 is 2.56 bits per heavy atom. The maximum Gasteiger partial charge on any atom is 0.264 e. The molecule has 7 heteroatoms. The van der Waals surface area contributed by atoms with E-state index in [9.17, 15) is 14.0 Å². The molecule has 0 spiro atoms. The van der Waals surface area contributed by atoms with Crippen LogP contribution in [-0.4, -0.2) is 54.3 Å². The highest BCUT2D eigenvalue weighted by Crippen LogP contribution is 2.18. The summed E-state index contributed by atoms with van der Waals surface area (Å²) in [5, 5.41) is 2.69. The first-order valence-electron chi connectivity index (χ1n) is 8.15. The number of piperazine rings is 1. The summed E-state index contributed by atoms with van der Waals surface area (Å²) in [6.45, 7) is 4.71. The average Bonchev–Trinajstić information content (AvgIpc) is 3.01. The van der Waals surface area contributed by atoms with E-state index in [2.05, 4.69) is 5.32 Å². The van der Waals surface area contributed by atoms with Crippen LogP contribution < -0.4 is 5.32 Å². The molecule has 2 amide bonds. The van der Waals surface area contributed by atoms with Crippen LogP contribution >= 0.6 is 11.3 Å². The molecule has 1 N–H and O–H groups in total. The monoisotopic (exact) mass is 361 g/mol. The molecule has 0 unspecified atom stereocenters. The van der Waals surface area contributed by atoms with Crippen LogP contribution in [0.25, 0.3) is 0 Å². The molecule has 0 bridgehead atoms. The fraction of sp³-hybridized carbons (Fsp3) is 0.333. The van der Waals surface area contributed by atoms with Crippen molar-refractivity contribution in [1.29, 1.82) is 0 Å². The Kier molecular flexibility index (Phi) is 5.45. The number of amides is 2. The van der Waals surface area contributed by atoms with Gasteiger partial charge in [-0.15, -0.1) is 11.3 Å². The number of aryl methyl sites for hydroxylation is 1. The zero-order valence-corrected chi connectivity index (χ0v) is 14.8. The Morgan fingerprint density at radius 2 is 1.92 bits per heavy atom. The van der Waals surface area contributed by atoms with Gasteiger partial charge in [-0.3, -0.25) is 14.5 Å². The Labute approximate surface area is 150 Å². The highest BCUT2D eigenvalue weighted by atomic mass is 32.1. The van der Waals surface area contributed by atoms with Gasteiger partial charge < -0.3 is 10.2 Å². The van der Waals surface area contributed by atoms with Crippen molar-refractivity contribution in [2.24, 2.45) is 0 Å². The predicted octanol–water partition coefficient (Wildman–Crippen LogP) is 2.59. The van der Waals surface area contributed by atoms with E-state index in [0.717, 1.165) is 9.75 Å². The van der Waals surface area contributed by atoms with E-state index in [1.165, 1.54) is 23.5 Å². The average molecular weight is 361 g/mol. The number of rotatable bonds is 4. The second-order valence-corrected chi connectivity index (χ2v) is 7.33. The Hall–Kier alpha value is -2.25. The molecule has 5 nitrogen and oxygen atoms in total. The zero-order chi connectivity index (χ0) is 17.8. The van der Waals surface area contributed by atoms with Gasteiger partial charge in [0.25, 0.3) is 5.91 Å². The van der Waals surface area contributed by atoms with Crippen LogP contribution in [0.1, 0.15) is 14.5 Å². The molecule has 1 saturated heterocycles. The predicted molar refractivity (Wildman–Crippen MR) is 96.4 cm³/mol. The summed E-state index contributed by atoms with van der Waals surface area (Å²) >= 11 is 1.50. The summed E-state index contributed by atoms with van der Waals surface area (Å²) in [5.74, 6) is -0.505. The molecule has 1 aliphatic heterocycles. The van der Waals surface area contributed by atoms with Crippen molar-refractivity contribution >= 4 is 28.8 Å². The Balaban J connectivity index is 1.47. The van der Waals surface area contributed by atoms with Gasteiger partial charge in [0.05, 0.1) is 11.4 Å². The minimum absolute atomic E-state index is 0.0574. The molecule has 1 fully saturated rings. The first-order valence-corrected chi connectivity index (χ1v) is 8.96. The summed E-state index contributed by atoms with van der Waals surface area (Å²) in [6, 6.07) is 9.65. The first kappa shape index (κ1) is 17.6. The molecule has 0 saturated carbocycles. The van der Waals surface area contributed by atoms with Crippen molar-refractivity contribution in [1.82, 2.24) is 9.80 Å². The molecule has 1 aromatic carbocycles. The number of carbonyl (C=O) groups is 2. The normalized spacial score (nSPS) is 15.2. The molecule has 25 heavy (non-hydrogen) atoms. The fourth-order valence-electron chi connectivity index (χ4n) is 2.78. The molecule has 132 valence electrons. The molecule has 0 radical (unpaired) electrons. The van der Waals surface area contributed by atoms with Crippen LogP contribution in [0.4, 0.5) is 10.1 Å². The summed E-state index contributed by atoms with van der Waals surface area (Å²) in [6.07, 6.45) is 0. The molecule has 2 aromatic rings. The second kappa shape index (κ2) is 7.76. The van der Waals surface area contributed by atoms with Crippen molar-refractivity contribution in [3.8, 4) is 0 Å². The third-order valence-corrected chi connectivity index (χ3v) is 5.07. The van der Waals surface area contributed by atoms with E-state index in [-0.39, 0.29) is 24.2 Å². The van der Waals surface area contributed by atoms with Crippen molar-refractivity contribution in [2.45, 2.75) is 6.92 Å². The third kappa shape index (κ3) is 4.64. The lowest BCUT2D eigenvalue weighted by atomic mass is 10.2. The van der Waals surface area contributed by atoms with Gasteiger partial charge in [0, 0.05) is 36.7 Å². The number of hydrogen-bond acceptors (Lipinski definition) is 4. The largest absolute Gasteiger partial charge is 0.335 e. The fourth-order valence-corrected chi connectivity index (χ4v) is 3.62. The Morgan fingerprint density at radius 1 is 1.16 bits per heavy atom. The van der Waals surface area contributed by atoms with Crippen molar-refractivity contribution in [3.63, 3.8) is 0 Å². The summed E-state index contributed by atoms with van der Waals surface area (Å²) < 4.78 is 13.1. The van der Waals surface area contributed by atoms with Crippen LogP contribution in [0.5, 0.6) is 0 Å². The molecule has 0 aliphatic carbocycles. The van der Waals surface area contributed by atoms with E-state index >= 15 is 0 Å². The van der Waals surface area contributed by atoms with E-state index < -0.39 is 0 Å². The number of thiophene rings is 1. The topological polar surface area (TPSA) is 52.7 Å². The molecule has 1 aliphatic rings. The van der Waals surface area contributed by atoms with Gasteiger partial charge in [0.15, 0.2) is 0 Å². The van der Waals surface area contributed by atoms with Gasteiger partial charge in [-0.1, -0.05) is 6.07 Å². The molecular weight excluding hydrogens is 341 g/mol.